The van der Waals surface area contributed by atoms with E-state index in [0.29, 0.717) is 26.5 Å². The standard InChI is InChI=1S/C19H17Cl2N5O3/c1-25(2)17(27)11-29-26-18(28)13-5-3-4-6-16(13)23-19(26)24-22-10-12-7-8-14(20)15(21)9-12/h3-10H,11H2,1-2H3,(H,23,24). The highest BCUT2D eigenvalue weighted by molar-refractivity contribution is 6.42. The van der Waals surface area contributed by atoms with Crippen LogP contribution in [0.25, 0.3) is 10.9 Å². The summed E-state index contributed by atoms with van der Waals surface area (Å²) in [5.74, 6) is -0.285. The first-order valence-electron chi connectivity index (χ1n) is 8.46. The van der Waals surface area contributed by atoms with Crippen LogP contribution in [0.15, 0.2) is 52.4 Å². The highest BCUT2D eigenvalue weighted by Crippen LogP contribution is 2.21. The lowest BCUT2D eigenvalue weighted by Crippen LogP contribution is -2.36. The van der Waals surface area contributed by atoms with Crippen LogP contribution >= 0.6 is 23.2 Å². The van der Waals surface area contributed by atoms with Crippen molar-refractivity contribution < 1.29 is 9.63 Å². The number of hydrogen-bond donors (Lipinski definition) is 1. The summed E-state index contributed by atoms with van der Waals surface area (Å²) < 4.78 is 0.913. The molecule has 0 fully saturated rings. The Labute approximate surface area is 176 Å². The van der Waals surface area contributed by atoms with Crippen LogP contribution in [0.1, 0.15) is 5.56 Å². The molecular weight excluding hydrogens is 417 g/mol. The second kappa shape index (κ2) is 8.93. The van der Waals surface area contributed by atoms with Crippen LogP contribution in [-0.2, 0) is 4.79 Å². The van der Waals surface area contributed by atoms with Crippen molar-refractivity contribution in [2.24, 2.45) is 5.10 Å². The highest BCUT2D eigenvalue weighted by atomic mass is 35.5. The molecule has 2 aromatic carbocycles. The van der Waals surface area contributed by atoms with E-state index in [9.17, 15) is 9.59 Å². The van der Waals surface area contributed by atoms with E-state index in [2.05, 4.69) is 15.5 Å². The van der Waals surface area contributed by atoms with Crippen molar-refractivity contribution in [3.05, 3.63) is 68.4 Å². The van der Waals surface area contributed by atoms with E-state index in [1.54, 1.807) is 56.6 Å². The van der Waals surface area contributed by atoms with E-state index in [-0.39, 0.29) is 18.5 Å². The molecule has 10 heteroatoms. The fourth-order valence-electron chi connectivity index (χ4n) is 2.31. The van der Waals surface area contributed by atoms with Crippen LogP contribution in [0, 0.1) is 0 Å². The maximum Gasteiger partial charge on any atom is 0.296 e. The van der Waals surface area contributed by atoms with Gasteiger partial charge in [0.2, 0.25) is 0 Å². The van der Waals surface area contributed by atoms with Crippen molar-refractivity contribution in [2.75, 3.05) is 26.1 Å². The van der Waals surface area contributed by atoms with Crippen molar-refractivity contribution in [3.8, 4) is 0 Å². The quantitative estimate of drug-likeness (QED) is 0.476. The average Bonchev–Trinajstić information content (AvgIpc) is 2.70. The lowest BCUT2D eigenvalue weighted by Gasteiger charge is -2.15. The average molecular weight is 434 g/mol. The van der Waals surface area contributed by atoms with Crippen LogP contribution < -0.4 is 15.8 Å². The Balaban J connectivity index is 1.92. The van der Waals surface area contributed by atoms with E-state index in [0.717, 1.165) is 4.73 Å². The van der Waals surface area contributed by atoms with Crippen molar-refractivity contribution in [2.45, 2.75) is 0 Å². The molecule has 8 nitrogen and oxygen atoms in total. The Hall–Kier alpha value is -3.10. The number of likely N-dealkylation sites (N-methyl/N-ethyl adjacent to an activating group) is 1. The number of hydrazone groups is 1. The van der Waals surface area contributed by atoms with E-state index in [1.807, 2.05) is 0 Å². The molecule has 0 bridgehead atoms. The zero-order chi connectivity index (χ0) is 21.0. The van der Waals surface area contributed by atoms with E-state index >= 15 is 0 Å². The molecule has 1 heterocycles. The molecule has 0 saturated heterocycles. The van der Waals surface area contributed by atoms with Gasteiger partial charge in [-0.05, 0) is 29.8 Å². The number of carbonyl (C=O) groups is 1. The van der Waals surface area contributed by atoms with Gasteiger partial charge in [-0.2, -0.15) is 5.10 Å². The lowest BCUT2D eigenvalue weighted by molar-refractivity contribution is -0.133. The van der Waals surface area contributed by atoms with Crippen molar-refractivity contribution >= 4 is 52.2 Å². The van der Waals surface area contributed by atoms with E-state index in [4.69, 9.17) is 28.0 Å². The number of anilines is 1. The third-order valence-electron chi connectivity index (χ3n) is 3.88. The Morgan fingerprint density at radius 3 is 2.72 bits per heavy atom. The number of nitrogens with zero attached hydrogens (tertiary/aromatic N) is 4. The van der Waals surface area contributed by atoms with Gasteiger partial charge in [0.1, 0.15) is 0 Å². The summed E-state index contributed by atoms with van der Waals surface area (Å²) in [6, 6.07) is 11.8. The van der Waals surface area contributed by atoms with Gasteiger partial charge in [-0.25, -0.2) is 10.4 Å². The van der Waals surface area contributed by atoms with E-state index < -0.39 is 5.56 Å². The van der Waals surface area contributed by atoms with Crippen LogP contribution in [-0.4, -0.2) is 47.4 Å². The molecule has 0 unspecified atom stereocenters. The third kappa shape index (κ3) is 4.85. The Bertz CT molecular complexity index is 1140. The first-order chi connectivity index (χ1) is 13.9. The van der Waals surface area contributed by atoms with Crippen LogP contribution in [0.5, 0.6) is 0 Å². The molecule has 0 saturated carbocycles. The molecule has 1 amide bonds. The third-order valence-corrected chi connectivity index (χ3v) is 4.61. The number of nitrogens with one attached hydrogen (secondary N) is 1. The zero-order valence-electron chi connectivity index (χ0n) is 15.6. The maximum atomic E-state index is 12.8. The lowest BCUT2D eigenvalue weighted by atomic mass is 10.2. The van der Waals surface area contributed by atoms with Crippen molar-refractivity contribution in [1.29, 1.82) is 0 Å². The molecule has 29 heavy (non-hydrogen) atoms. The fraction of sp³-hybridized carbons (Fsp3) is 0.158. The number of carbonyl (C=O) groups excluding carboxylic acids is 1. The smallest absolute Gasteiger partial charge is 0.296 e. The predicted molar refractivity (Wildman–Crippen MR) is 114 cm³/mol. The first-order valence-corrected chi connectivity index (χ1v) is 9.22. The van der Waals surface area contributed by atoms with Gasteiger partial charge in [0, 0.05) is 14.1 Å². The fourth-order valence-corrected chi connectivity index (χ4v) is 2.62. The van der Waals surface area contributed by atoms with Crippen LogP contribution in [0.4, 0.5) is 5.95 Å². The van der Waals surface area contributed by atoms with E-state index in [1.165, 1.54) is 11.1 Å². The zero-order valence-corrected chi connectivity index (χ0v) is 17.1. The van der Waals surface area contributed by atoms with Gasteiger partial charge in [-0.3, -0.25) is 9.59 Å². The topological polar surface area (TPSA) is 88.8 Å². The van der Waals surface area contributed by atoms with Crippen molar-refractivity contribution in [3.63, 3.8) is 0 Å². The summed E-state index contributed by atoms with van der Waals surface area (Å²) in [6.45, 7) is -0.335. The van der Waals surface area contributed by atoms with Crippen LogP contribution in [0.2, 0.25) is 10.0 Å². The SMILES string of the molecule is CN(C)C(=O)COn1c(NN=Cc2ccc(Cl)c(Cl)c2)nc2ccccc2c1=O. The minimum absolute atomic E-state index is 0.0246. The minimum atomic E-state index is -0.464. The van der Waals surface area contributed by atoms with Gasteiger partial charge in [0.25, 0.3) is 17.4 Å². The van der Waals surface area contributed by atoms with Gasteiger partial charge >= 0.3 is 0 Å². The van der Waals surface area contributed by atoms with Gasteiger partial charge in [-0.1, -0.05) is 41.4 Å². The molecule has 3 aromatic rings. The van der Waals surface area contributed by atoms with Gasteiger partial charge in [0.05, 0.1) is 27.2 Å². The Kier molecular flexibility index (Phi) is 6.36. The summed E-state index contributed by atoms with van der Waals surface area (Å²) in [7, 11) is 3.18. The second-order valence-corrected chi connectivity index (χ2v) is 6.97. The monoisotopic (exact) mass is 433 g/mol. The summed E-state index contributed by atoms with van der Waals surface area (Å²) in [5, 5.41) is 5.25. The summed E-state index contributed by atoms with van der Waals surface area (Å²) in [6.07, 6.45) is 1.48. The molecule has 0 spiro atoms. The number of rotatable bonds is 6. The molecular formula is C19H17Cl2N5O3. The summed E-state index contributed by atoms with van der Waals surface area (Å²) in [5.41, 5.74) is 3.36. The molecule has 0 atom stereocenters. The molecule has 3 rings (SSSR count). The highest BCUT2D eigenvalue weighted by Gasteiger charge is 2.14. The van der Waals surface area contributed by atoms with Gasteiger partial charge in [0.15, 0.2) is 6.61 Å². The molecule has 1 N–H and O–H groups in total. The number of hydrogen-bond acceptors (Lipinski definition) is 6. The first kappa shape index (κ1) is 20.6. The van der Waals surface area contributed by atoms with Gasteiger partial charge < -0.3 is 9.74 Å². The molecule has 0 aliphatic carbocycles. The number of para-hydroxylation sites is 1. The maximum absolute atomic E-state index is 12.8. The van der Waals surface area contributed by atoms with Crippen LogP contribution in [0.3, 0.4) is 0 Å². The predicted octanol–water partition coefficient (Wildman–Crippen LogP) is 2.67. The second-order valence-electron chi connectivity index (χ2n) is 6.16. The normalized spacial score (nSPS) is 11.0. The Morgan fingerprint density at radius 2 is 2.00 bits per heavy atom. The minimum Gasteiger partial charge on any atom is -0.397 e. The Morgan fingerprint density at radius 1 is 1.24 bits per heavy atom. The van der Waals surface area contributed by atoms with Gasteiger partial charge in [-0.15, -0.1) is 4.73 Å². The number of amides is 1. The number of benzene rings is 2. The molecule has 1 aromatic heterocycles. The molecule has 0 radical (unpaired) electrons. The number of aromatic nitrogens is 2. The molecule has 150 valence electrons. The summed E-state index contributed by atoms with van der Waals surface area (Å²) in [4.78, 5) is 35.8. The largest absolute Gasteiger partial charge is 0.397 e. The molecule has 0 aliphatic heterocycles. The summed E-state index contributed by atoms with van der Waals surface area (Å²) >= 11 is 11.9. The number of fused-ring (bicyclic) bond motifs is 1. The van der Waals surface area contributed by atoms with Crippen molar-refractivity contribution in [1.82, 2.24) is 14.6 Å². The number of halogens is 2. The molecule has 0 aliphatic rings.